The van der Waals surface area contributed by atoms with Crippen LogP contribution in [0.15, 0.2) is 49.0 Å². The fraction of sp³-hybridized carbons (Fsp3) is 0.805. The van der Waals surface area contributed by atoms with Gasteiger partial charge in [0.1, 0.15) is 0 Å². The zero-order valence-corrected chi connectivity index (χ0v) is 30.8. The Hall–Kier alpha value is -1.64. The van der Waals surface area contributed by atoms with Gasteiger partial charge in [-0.3, -0.25) is 0 Å². The van der Waals surface area contributed by atoms with E-state index in [2.05, 4.69) is 82.2 Å². The summed E-state index contributed by atoms with van der Waals surface area (Å²) in [5.74, 6) is 1.71. The summed E-state index contributed by atoms with van der Waals surface area (Å²) in [5.41, 5.74) is 3.68. The van der Waals surface area contributed by atoms with Crippen LogP contribution in [0.1, 0.15) is 175 Å². The van der Waals surface area contributed by atoms with E-state index in [-0.39, 0.29) is 0 Å². The molecule has 0 aliphatic carbocycles. The second-order valence-electron chi connectivity index (χ2n) is 14.4. The predicted octanol–water partition coefficient (Wildman–Crippen LogP) is 12.5. The number of unbranched alkanes of at least 4 members (excludes halogenated alkanes) is 13. The molecule has 0 aromatic heterocycles. The van der Waals surface area contributed by atoms with E-state index in [0.29, 0.717) is 0 Å². The van der Waals surface area contributed by atoms with Gasteiger partial charge in [0.15, 0.2) is 0 Å². The van der Waals surface area contributed by atoms with Crippen LogP contribution in [0.25, 0.3) is 0 Å². The molecule has 0 fully saturated rings. The van der Waals surface area contributed by atoms with Crippen LogP contribution in [0.2, 0.25) is 0 Å². The van der Waals surface area contributed by atoms with Gasteiger partial charge in [0.25, 0.3) is 0 Å². The van der Waals surface area contributed by atoms with E-state index in [0.717, 1.165) is 63.6 Å². The first-order valence-corrected chi connectivity index (χ1v) is 19.1. The first-order chi connectivity index (χ1) is 21.2. The van der Waals surface area contributed by atoms with E-state index >= 15 is 0 Å². The molecule has 258 valence electrons. The maximum absolute atomic E-state index is 4.33. The zero-order chi connectivity index (χ0) is 32.7. The highest BCUT2D eigenvalue weighted by molar-refractivity contribution is 4.98. The molecule has 0 aliphatic rings. The van der Waals surface area contributed by atoms with E-state index < -0.39 is 0 Å². The van der Waals surface area contributed by atoms with E-state index in [1.54, 1.807) is 0 Å². The molecule has 0 saturated heterocycles. The lowest BCUT2D eigenvalue weighted by molar-refractivity contribution is 0.386. The van der Waals surface area contributed by atoms with Gasteiger partial charge in [-0.15, -0.1) is 0 Å². The molecule has 0 unspecified atom stereocenters. The first-order valence-electron chi connectivity index (χ1n) is 19.1. The van der Waals surface area contributed by atoms with Gasteiger partial charge in [0, 0.05) is 43.8 Å². The molecule has 0 rings (SSSR count). The van der Waals surface area contributed by atoms with E-state index in [9.17, 15) is 0 Å². The maximum atomic E-state index is 4.33. The molecular formula is C41H79N3. The maximum Gasteiger partial charge on any atom is 0.0171 e. The van der Waals surface area contributed by atoms with Crippen molar-refractivity contribution in [2.75, 3.05) is 26.7 Å². The van der Waals surface area contributed by atoms with Crippen molar-refractivity contribution in [3.05, 3.63) is 49.0 Å². The highest BCUT2D eigenvalue weighted by atomic mass is 15.1. The van der Waals surface area contributed by atoms with Gasteiger partial charge < -0.3 is 15.5 Å². The first kappa shape index (κ1) is 42.4. The van der Waals surface area contributed by atoms with Gasteiger partial charge in [-0.05, 0) is 69.6 Å². The molecule has 0 heterocycles. The number of hydrogen-bond acceptors (Lipinski definition) is 3. The summed E-state index contributed by atoms with van der Waals surface area (Å²) in [5, 5.41) is 7.07. The van der Waals surface area contributed by atoms with Crippen molar-refractivity contribution >= 4 is 0 Å². The summed E-state index contributed by atoms with van der Waals surface area (Å²) in [6.07, 6.45) is 34.3. The normalized spacial score (nSPS) is 11.5. The average molecular weight is 614 g/mol. The molecule has 0 amide bonds. The number of hydrogen-bond donors (Lipinski definition) is 2. The topological polar surface area (TPSA) is 27.3 Å². The Kier molecular flexibility index (Phi) is 30.2. The molecule has 0 radical (unpaired) electrons. The molecule has 0 saturated carbocycles. The molecule has 44 heavy (non-hydrogen) atoms. The number of allylic oxidation sites excluding steroid dienone is 5. The Morgan fingerprint density at radius 1 is 0.523 bits per heavy atom. The molecule has 0 aliphatic heterocycles. The third-order valence-corrected chi connectivity index (χ3v) is 8.81. The van der Waals surface area contributed by atoms with Crippen molar-refractivity contribution in [1.82, 2.24) is 15.5 Å². The van der Waals surface area contributed by atoms with Crippen molar-refractivity contribution in [2.24, 2.45) is 11.8 Å². The summed E-state index contributed by atoms with van der Waals surface area (Å²) in [6, 6.07) is 0. The van der Waals surface area contributed by atoms with Crippen molar-refractivity contribution in [1.29, 1.82) is 0 Å². The number of nitrogens with one attached hydrogen (secondary N) is 2. The van der Waals surface area contributed by atoms with Gasteiger partial charge in [-0.25, -0.2) is 0 Å². The van der Waals surface area contributed by atoms with Crippen LogP contribution in [0.3, 0.4) is 0 Å². The van der Waals surface area contributed by atoms with E-state index in [1.165, 1.54) is 133 Å². The Morgan fingerprint density at radius 2 is 0.932 bits per heavy atom. The second kappa shape index (κ2) is 31.3. The molecular weight excluding hydrogens is 534 g/mol. The highest BCUT2D eigenvalue weighted by Crippen LogP contribution is 2.14. The molecule has 2 N–H and O–H groups in total. The van der Waals surface area contributed by atoms with Crippen molar-refractivity contribution < 1.29 is 0 Å². The lowest BCUT2D eigenvalue weighted by Crippen LogP contribution is -2.18. The fourth-order valence-corrected chi connectivity index (χ4v) is 5.61. The fourth-order valence-electron chi connectivity index (χ4n) is 5.61. The summed E-state index contributed by atoms with van der Waals surface area (Å²) < 4.78 is 0. The summed E-state index contributed by atoms with van der Waals surface area (Å²) in [4.78, 5) is 2.36. The monoisotopic (exact) mass is 614 g/mol. The van der Waals surface area contributed by atoms with Crippen molar-refractivity contribution in [3.8, 4) is 0 Å². The van der Waals surface area contributed by atoms with Crippen LogP contribution in [0, 0.1) is 11.8 Å². The predicted molar refractivity (Wildman–Crippen MR) is 201 cm³/mol. The minimum absolute atomic E-state index is 0.847. The molecule has 3 heteroatoms. The number of nitrogens with zero attached hydrogens (tertiary/aromatic N) is 1. The summed E-state index contributed by atoms with van der Waals surface area (Å²) >= 11 is 0. The Bertz CT molecular complexity index is 705. The Morgan fingerprint density at radius 3 is 1.45 bits per heavy atom. The lowest BCUT2D eigenvalue weighted by atomic mass is 10.0. The highest BCUT2D eigenvalue weighted by Gasteiger charge is 2.02. The SMILES string of the molecule is C=C(CC/C=C/CCC(=C)N(C)CCCCCCCC(=C)NCCCCCCC(C)C)NCCCCCCCCCC(C)C. The summed E-state index contributed by atoms with van der Waals surface area (Å²) in [7, 11) is 2.20. The van der Waals surface area contributed by atoms with E-state index in [1.807, 2.05) is 0 Å². The van der Waals surface area contributed by atoms with Crippen LogP contribution >= 0.6 is 0 Å². The van der Waals surface area contributed by atoms with Crippen LogP contribution in [0.4, 0.5) is 0 Å². The molecule has 0 atom stereocenters. The van der Waals surface area contributed by atoms with Crippen LogP contribution in [-0.4, -0.2) is 31.6 Å². The quantitative estimate of drug-likeness (QED) is 0.0558. The standard InChI is InChI=1S/C41H79N3/c1-37(2)29-21-13-10-9-11-18-26-34-42-40(6)32-24-15-16-25-33-41(7)44(8)36-28-20-12-14-23-31-39(5)43-35-27-19-17-22-30-38(3)4/h15-16,37-38,42-43H,5-7,9-14,17-36H2,1-4,8H3/b16-15+. The molecule has 0 aromatic carbocycles. The van der Waals surface area contributed by atoms with Gasteiger partial charge in [0.05, 0.1) is 0 Å². The second-order valence-corrected chi connectivity index (χ2v) is 14.4. The molecule has 0 aromatic rings. The van der Waals surface area contributed by atoms with Crippen LogP contribution in [0.5, 0.6) is 0 Å². The minimum Gasteiger partial charge on any atom is -0.389 e. The lowest BCUT2D eigenvalue weighted by Gasteiger charge is -2.21. The van der Waals surface area contributed by atoms with E-state index in [4.69, 9.17) is 0 Å². The molecule has 0 bridgehead atoms. The van der Waals surface area contributed by atoms with Crippen LogP contribution in [-0.2, 0) is 0 Å². The molecule has 3 nitrogen and oxygen atoms in total. The Balaban J connectivity index is 3.54. The zero-order valence-electron chi connectivity index (χ0n) is 30.8. The smallest absolute Gasteiger partial charge is 0.0171 e. The average Bonchev–Trinajstić information content (AvgIpc) is 2.98. The third-order valence-electron chi connectivity index (χ3n) is 8.81. The van der Waals surface area contributed by atoms with Crippen molar-refractivity contribution in [3.63, 3.8) is 0 Å². The largest absolute Gasteiger partial charge is 0.389 e. The van der Waals surface area contributed by atoms with Gasteiger partial charge in [-0.2, -0.15) is 0 Å². The number of rotatable bonds is 34. The Labute approximate surface area is 277 Å². The van der Waals surface area contributed by atoms with Gasteiger partial charge in [-0.1, -0.05) is 149 Å². The van der Waals surface area contributed by atoms with Crippen molar-refractivity contribution in [2.45, 2.75) is 175 Å². The van der Waals surface area contributed by atoms with Crippen LogP contribution < -0.4 is 10.6 Å². The summed E-state index contributed by atoms with van der Waals surface area (Å²) in [6.45, 7) is 25.4. The van der Waals surface area contributed by atoms with Gasteiger partial charge in [0.2, 0.25) is 0 Å². The minimum atomic E-state index is 0.847. The van der Waals surface area contributed by atoms with Gasteiger partial charge >= 0.3 is 0 Å². The molecule has 0 spiro atoms. The third kappa shape index (κ3) is 31.8.